The van der Waals surface area contributed by atoms with Crippen LogP contribution in [0.3, 0.4) is 0 Å². The first-order valence-electron chi connectivity index (χ1n) is 5.28. The van der Waals surface area contributed by atoms with Gasteiger partial charge < -0.3 is 5.32 Å². The summed E-state index contributed by atoms with van der Waals surface area (Å²) < 4.78 is 38.2. The van der Waals surface area contributed by atoms with Gasteiger partial charge in [-0.25, -0.2) is 4.98 Å². The van der Waals surface area contributed by atoms with Gasteiger partial charge in [0.2, 0.25) is 0 Å². The zero-order chi connectivity index (χ0) is 14.0. The number of hydrogen-bond donors (Lipinski definition) is 1. The fraction of sp³-hybridized carbons (Fsp3) is 0.167. The Kier molecular flexibility index (Phi) is 3.57. The molecule has 1 amide bonds. The summed E-state index contributed by atoms with van der Waals surface area (Å²) in [7, 11) is 0. The van der Waals surface area contributed by atoms with Gasteiger partial charge in [0, 0.05) is 0 Å². The highest BCUT2D eigenvalue weighted by atomic mass is 32.1. The van der Waals surface area contributed by atoms with Gasteiger partial charge in [-0.3, -0.25) is 4.79 Å². The number of aromatic nitrogens is 1. The molecule has 2 rings (SSSR count). The predicted octanol–water partition coefficient (Wildman–Crippen LogP) is 3.72. The van der Waals surface area contributed by atoms with Crippen molar-refractivity contribution in [2.75, 3.05) is 5.32 Å². The van der Waals surface area contributed by atoms with E-state index in [9.17, 15) is 18.0 Å². The maximum Gasteiger partial charge on any atom is 0.418 e. The van der Waals surface area contributed by atoms with Crippen molar-refractivity contribution >= 4 is 22.9 Å². The van der Waals surface area contributed by atoms with Crippen LogP contribution in [0.1, 0.15) is 20.2 Å². The quantitative estimate of drug-likeness (QED) is 0.914. The third-order valence-electron chi connectivity index (χ3n) is 2.33. The van der Waals surface area contributed by atoms with Crippen LogP contribution in [0.5, 0.6) is 0 Å². The zero-order valence-electron chi connectivity index (χ0n) is 9.78. The molecule has 0 aliphatic heterocycles. The SMILES string of the molecule is Cc1ncc(C(=O)Nc2ccccc2C(F)(F)F)s1. The van der Waals surface area contributed by atoms with Gasteiger partial charge in [-0.05, 0) is 19.1 Å². The Morgan fingerprint density at radius 2 is 2.00 bits per heavy atom. The van der Waals surface area contributed by atoms with Crippen molar-refractivity contribution in [3.8, 4) is 0 Å². The Labute approximate surface area is 111 Å². The first-order valence-corrected chi connectivity index (χ1v) is 6.09. The van der Waals surface area contributed by atoms with Crippen molar-refractivity contribution in [2.45, 2.75) is 13.1 Å². The standard InChI is InChI=1S/C12H9F3N2OS/c1-7-16-6-10(19-7)11(18)17-9-5-3-2-4-8(9)12(13,14)15/h2-6H,1H3,(H,17,18). The highest BCUT2D eigenvalue weighted by Gasteiger charge is 2.33. The number of nitrogens with zero attached hydrogens (tertiary/aromatic N) is 1. The highest BCUT2D eigenvalue weighted by Crippen LogP contribution is 2.34. The molecule has 2 aromatic rings. The second-order valence-electron chi connectivity index (χ2n) is 3.74. The summed E-state index contributed by atoms with van der Waals surface area (Å²) in [4.78, 5) is 16.0. The van der Waals surface area contributed by atoms with E-state index in [1.165, 1.54) is 24.4 Å². The Bertz CT molecular complexity index is 607. The number of carbonyl (C=O) groups excluding carboxylic acids is 1. The van der Waals surface area contributed by atoms with Gasteiger partial charge in [-0.15, -0.1) is 11.3 Å². The molecule has 0 bridgehead atoms. The fourth-order valence-electron chi connectivity index (χ4n) is 1.49. The largest absolute Gasteiger partial charge is 0.418 e. The van der Waals surface area contributed by atoms with E-state index in [4.69, 9.17) is 0 Å². The number of thiazole rings is 1. The van der Waals surface area contributed by atoms with Crippen LogP contribution in [-0.4, -0.2) is 10.9 Å². The van der Waals surface area contributed by atoms with Crippen LogP contribution in [0.15, 0.2) is 30.5 Å². The van der Waals surface area contributed by atoms with E-state index in [-0.39, 0.29) is 10.6 Å². The molecule has 100 valence electrons. The maximum absolute atomic E-state index is 12.7. The molecule has 0 saturated heterocycles. The molecule has 0 atom stereocenters. The van der Waals surface area contributed by atoms with E-state index < -0.39 is 17.6 Å². The lowest BCUT2D eigenvalue weighted by molar-refractivity contribution is -0.136. The number of amides is 1. The molecular formula is C12H9F3N2OS. The average molecular weight is 286 g/mol. The van der Waals surface area contributed by atoms with Crippen LogP contribution in [0, 0.1) is 6.92 Å². The van der Waals surface area contributed by atoms with Gasteiger partial charge >= 0.3 is 6.18 Å². The third-order valence-corrected chi connectivity index (χ3v) is 3.24. The normalized spacial score (nSPS) is 11.4. The van der Waals surface area contributed by atoms with E-state index in [2.05, 4.69) is 10.3 Å². The van der Waals surface area contributed by atoms with E-state index in [1.807, 2.05) is 0 Å². The Morgan fingerprint density at radius 1 is 1.32 bits per heavy atom. The van der Waals surface area contributed by atoms with E-state index >= 15 is 0 Å². The van der Waals surface area contributed by atoms with Crippen LogP contribution >= 0.6 is 11.3 Å². The van der Waals surface area contributed by atoms with Crippen molar-refractivity contribution in [3.63, 3.8) is 0 Å². The van der Waals surface area contributed by atoms with Crippen molar-refractivity contribution in [2.24, 2.45) is 0 Å². The molecule has 0 radical (unpaired) electrons. The summed E-state index contributed by atoms with van der Waals surface area (Å²) in [6.07, 6.45) is -3.17. The first kappa shape index (κ1) is 13.5. The molecule has 3 nitrogen and oxygen atoms in total. The molecule has 1 heterocycles. The number of benzene rings is 1. The minimum atomic E-state index is -4.51. The minimum absolute atomic E-state index is 0.258. The van der Waals surface area contributed by atoms with Gasteiger partial charge in [0.15, 0.2) is 0 Å². The summed E-state index contributed by atoms with van der Waals surface area (Å²) in [6, 6.07) is 4.85. The molecule has 1 N–H and O–H groups in total. The van der Waals surface area contributed by atoms with Crippen molar-refractivity contribution in [1.29, 1.82) is 0 Å². The van der Waals surface area contributed by atoms with Crippen molar-refractivity contribution < 1.29 is 18.0 Å². The number of anilines is 1. The Balaban J connectivity index is 2.27. The molecular weight excluding hydrogens is 277 g/mol. The molecule has 0 fully saturated rings. The maximum atomic E-state index is 12.7. The summed E-state index contributed by atoms with van der Waals surface area (Å²) in [5, 5.41) is 2.93. The molecule has 0 unspecified atom stereocenters. The van der Waals surface area contributed by atoms with E-state index in [0.29, 0.717) is 5.01 Å². The molecule has 0 aliphatic rings. The van der Waals surface area contributed by atoms with Gasteiger partial charge in [0.1, 0.15) is 4.88 Å². The van der Waals surface area contributed by atoms with Gasteiger partial charge in [0.25, 0.3) is 5.91 Å². The second kappa shape index (κ2) is 5.00. The second-order valence-corrected chi connectivity index (χ2v) is 4.98. The Hall–Kier alpha value is -1.89. The summed E-state index contributed by atoms with van der Waals surface area (Å²) >= 11 is 1.12. The smallest absolute Gasteiger partial charge is 0.321 e. The van der Waals surface area contributed by atoms with E-state index in [1.54, 1.807) is 6.92 Å². The van der Waals surface area contributed by atoms with Gasteiger partial charge in [-0.1, -0.05) is 12.1 Å². The monoisotopic (exact) mass is 286 g/mol. The summed E-state index contributed by atoms with van der Waals surface area (Å²) in [6.45, 7) is 1.71. The lowest BCUT2D eigenvalue weighted by Crippen LogP contribution is -2.15. The number of alkyl halides is 3. The first-order chi connectivity index (χ1) is 8.88. The lowest BCUT2D eigenvalue weighted by Gasteiger charge is -2.12. The number of para-hydroxylation sites is 1. The molecule has 1 aromatic carbocycles. The van der Waals surface area contributed by atoms with E-state index in [0.717, 1.165) is 17.4 Å². The van der Waals surface area contributed by atoms with Gasteiger partial charge in [-0.2, -0.15) is 13.2 Å². The lowest BCUT2D eigenvalue weighted by atomic mass is 10.1. The van der Waals surface area contributed by atoms with Crippen LogP contribution in [0.2, 0.25) is 0 Å². The minimum Gasteiger partial charge on any atom is -0.321 e. The highest BCUT2D eigenvalue weighted by molar-refractivity contribution is 7.13. The number of rotatable bonds is 2. The predicted molar refractivity (Wildman–Crippen MR) is 66.2 cm³/mol. The fourth-order valence-corrected chi connectivity index (χ4v) is 2.16. The zero-order valence-corrected chi connectivity index (χ0v) is 10.6. The van der Waals surface area contributed by atoms with Crippen LogP contribution in [0.4, 0.5) is 18.9 Å². The summed E-state index contributed by atoms with van der Waals surface area (Å²) in [5.74, 6) is -0.595. The third kappa shape index (κ3) is 3.11. The molecule has 0 aliphatic carbocycles. The number of halogens is 3. The average Bonchev–Trinajstić information content (AvgIpc) is 2.75. The van der Waals surface area contributed by atoms with Crippen LogP contribution in [0.25, 0.3) is 0 Å². The number of hydrogen-bond acceptors (Lipinski definition) is 3. The Morgan fingerprint density at radius 3 is 2.58 bits per heavy atom. The number of carbonyl (C=O) groups is 1. The number of aryl methyl sites for hydroxylation is 1. The number of nitrogens with one attached hydrogen (secondary N) is 1. The van der Waals surface area contributed by atoms with Crippen molar-refractivity contribution in [3.05, 3.63) is 45.9 Å². The molecule has 19 heavy (non-hydrogen) atoms. The molecule has 7 heteroatoms. The molecule has 0 saturated carbocycles. The van der Waals surface area contributed by atoms with Crippen LogP contribution < -0.4 is 5.32 Å². The molecule has 0 spiro atoms. The molecule has 1 aromatic heterocycles. The van der Waals surface area contributed by atoms with Gasteiger partial charge in [0.05, 0.1) is 22.5 Å². The van der Waals surface area contributed by atoms with Crippen molar-refractivity contribution in [1.82, 2.24) is 4.98 Å². The van der Waals surface area contributed by atoms with Crippen LogP contribution in [-0.2, 0) is 6.18 Å². The topological polar surface area (TPSA) is 42.0 Å². The summed E-state index contributed by atoms with van der Waals surface area (Å²) in [5.41, 5.74) is -1.13.